The maximum Gasteiger partial charge on any atom is 0.274 e. The van der Waals surface area contributed by atoms with Crippen LogP contribution < -0.4 is 5.32 Å². The summed E-state index contributed by atoms with van der Waals surface area (Å²) in [5, 5.41) is 7.66. The Morgan fingerprint density at radius 3 is 2.88 bits per heavy atom. The minimum Gasteiger partial charge on any atom is -0.337 e. The highest BCUT2D eigenvalue weighted by Crippen LogP contribution is 2.23. The van der Waals surface area contributed by atoms with E-state index >= 15 is 0 Å². The van der Waals surface area contributed by atoms with Gasteiger partial charge in [0.1, 0.15) is 0 Å². The maximum absolute atomic E-state index is 13.0. The Bertz CT molecular complexity index is 846. The fourth-order valence-electron chi connectivity index (χ4n) is 3.31. The van der Waals surface area contributed by atoms with Crippen molar-refractivity contribution in [2.24, 2.45) is 0 Å². The van der Waals surface area contributed by atoms with Gasteiger partial charge in [-0.1, -0.05) is 6.07 Å². The third-order valence-corrected chi connectivity index (χ3v) is 6.56. The molecule has 0 radical (unpaired) electrons. The number of aromatic nitrogens is 2. The Balaban J connectivity index is 1.58. The zero-order valence-electron chi connectivity index (χ0n) is 14.3. The van der Waals surface area contributed by atoms with Crippen molar-refractivity contribution < 1.29 is 4.79 Å². The van der Waals surface area contributed by atoms with Crippen LogP contribution in [-0.4, -0.2) is 33.3 Å². The lowest BCUT2D eigenvalue weighted by atomic mass is 10.1. The molecule has 1 atom stereocenters. The molecule has 1 fully saturated rings. The van der Waals surface area contributed by atoms with Crippen molar-refractivity contribution in [3.8, 4) is 0 Å². The van der Waals surface area contributed by atoms with Gasteiger partial charge in [-0.05, 0) is 37.6 Å². The van der Waals surface area contributed by atoms with Crippen molar-refractivity contribution in [1.29, 1.82) is 0 Å². The van der Waals surface area contributed by atoms with Crippen LogP contribution in [-0.2, 0) is 6.54 Å². The molecule has 0 spiro atoms. The van der Waals surface area contributed by atoms with E-state index in [1.807, 2.05) is 16.5 Å². The number of amides is 1. The third-order valence-electron chi connectivity index (χ3n) is 4.75. The molecule has 4 heterocycles. The van der Waals surface area contributed by atoms with Gasteiger partial charge < -0.3 is 10.2 Å². The summed E-state index contributed by atoms with van der Waals surface area (Å²) in [6.45, 7) is 4.49. The van der Waals surface area contributed by atoms with E-state index in [1.165, 1.54) is 11.3 Å². The van der Waals surface area contributed by atoms with Gasteiger partial charge >= 0.3 is 0 Å². The van der Waals surface area contributed by atoms with Crippen LogP contribution in [0.5, 0.6) is 0 Å². The van der Waals surface area contributed by atoms with Crippen LogP contribution in [0, 0.1) is 0 Å². The number of fused-ring (bicyclic) bond motifs is 1. The minimum atomic E-state index is 0.0798. The molecular formula is C18H22N4OS2. The largest absolute Gasteiger partial charge is 0.337 e. The topological polar surface area (TPSA) is 49.6 Å². The molecule has 0 aliphatic carbocycles. The monoisotopic (exact) mass is 374 g/mol. The van der Waals surface area contributed by atoms with E-state index in [2.05, 4.69) is 39.1 Å². The number of carbonyl (C=O) groups excluding carboxylic acids is 1. The van der Waals surface area contributed by atoms with Crippen molar-refractivity contribution >= 4 is 33.5 Å². The summed E-state index contributed by atoms with van der Waals surface area (Å²) >= 11 is 3.32. The molecule has 0 saturated carbocycles. The van der Waals surface area contributed by atoms with Crippen LogP contribution in [0.15, 0.2) is 29.1 Å². The number of hydrogen-bond donors (Lipinski definition) is 1. The Labute approximate surface area is 155 Å². The molecule has 3 aromatic rings. The smallest absolute Gasteiger partial charge is 0.274 e. The Hall–Kier alpha value is -1.70. The van der Waals surface area contributed by atoms with Gasteiger partial charge in [0, 0.05) is 42.1 Å². The predicted molar refractivity (Wildman–Crippen MR) is 102 cm³/mol. The molecule has 1 amide bonds. The van der Waals surface area contributed by atoms with Crippen molar-refractivity contribution in [2.45, 2.75) is 38.8 Å². The zero-order chi connectivity index (χ0) is 17.2. The standard InChI is InChI=1S/C18H22N4OS2/c1-13(15-6-5-10-24-15)19-12-14-16(20-18-22(14)9-11-25-18)17(23)21-7-3-2-4-8-21/h5-6,9-11,13,19H,2-4,7-8,12H2,1H3. The average Bonchev–Trinajstić information content (AvgIpc) is 3.37. The quantitative estimate of drug-likeness (QED) is 0.736. The first-order valence-electron chi connectivity index (χ1n) is 8.74. The summed E-state index contributed by atoms with van der Waals surface area (Å²) in [5.74, 6) is 0.0798. The number of thiophene rings is 1. The fraction of sp³-hybridized carbons (Fsp3) is 0.444. The van der Waals surface area contributed by atoms with Crippen molar-refractivity contribution in [3.05, 3.63) is 45.4 Å². The number of carbonyl (C=O) groups is 1. The van der Waals surface area contributed by atoms with E-state index in [4.69, 9.17) is 0 Å². The molecule has 1 N–H and O–H groups in total. The molecule has 4 rings (SSSR count). The first kappa shape index (κ1) is 16.8. The van der Waals surface area contributed by atoms with Crippen molar-refractivity contribution in [1.82, 2.24) is 19.6 Å². The molecule has 1 aliphatic heterocycles. The molecular weight excluding hydrogens is 352 g/mol. The first-order chi connectivity index (χ1) is 12.2. The van der Waals surface area contributed by atoms with Crippen LogP contribution in [0.3, 0.4) is 0 Å². The Morgan fingerprint density at radius 1 is 1.28 bits per heavy atom. The Morgan fingerprint density at radius 2 is 2.12 bits per heavy atom. The third kappa shape index (κ3) is 3.36. The maximum atomic E-state index is 13.0. The van der Waals surface area contributed by atoms with Crippen LogP contribution in [0.2, 0.25) is 0 Å². The highest BCUT2D eigenvalue weighted by Gasteiger charge is 2.25. The molecule has 132 valence electrons. The lowest BCUT2D eigenvalue weighted by Gasteiger charge is -2.26. The summed E-state index contributed by atoms with van der Waals surface area (Å²) in [6.07, 6.45) is 5.41. The van der Waals surface area contributed by atoms with E-state index < -0.39 is 0 Å². The number of nitrogens with zero attached hydrogens (tertiary/aromatic N) is 3. The first-order valence-corrected chi connectivity index (χ1v) is 10.5. The number of hydrogen-bond acceptors (Lipinski definition) is 5. The molecule has 0 aromatic carbocycles. The second-order valence-electron chi connectivity index (χ2n) is 6.43. The molecule has 1 unspecified atom stereocenters. The van der Waals surface area contributed by atoms with E-state index in [0.717, 1.165) is 36.6 Å². The molecule has 0 bridgehead atoms. The van der Waals surface area contributed by atoms with Gasteiger partial charge in [-0.15, -0.1) is 22.7 Å². The van der Waals surface area contributed by atoms with E-state index in [-0.39, 0.29) is 11.9 Å². The zero-order valence-corrected chi connectivity index (χ0v) is 15.9. The van der Waals surface area contributed by atoms with Gasteiger partial charge in [0.25, 0.3) is 5.91 Å². The number of piperidine rings is 1. The van der Waals surface area contributed by atoms with Crippen LogP contribution in [0.4, 0.5) is 0 Å². The molecule has 3 aromatic heterocycles. The second-order valence-corrected chi connectivity index (χ2v) is 8.29. The predicted octanol–water partition coefficient (Wildman–Crippen LogP) is 3.93. The van der Waals surface area contributed by atoms with Crippen LogP contribution >= 0.6 is 22.7 Å². The number of nitrogens with one attached hydrogen (secondary N) is 1. The lowest BCUT2D eigenvalue weighted by Crippen LogP contribution is -2.36. The summed E-state index contributed by atoms with van der Waals surface area (Å²) in [7, 11) is 0. The molecule has 1 aliphatic rings. The van der Waals surface area contributed by atoms with E-state index in [0.29, 0.717) is 12.2 Å². The molecule has 25 heavy (non-hydrogen) atoms. The molecule has 7 heteroatoms. The highest BCUT2D eigenvalue weighted by molar-refractivity contribution is 7.15. The van der Waals surface area contributed by atoms with Gasteiger partial charge in [0.2, 0.25) is 0 Å². The number of likely N-dealkylation sites (tertiary alicyclic amines) is 1. The van der Waals surface area contributed by atoms with Crippen LogP contribution in [0.1, 0.15) is 53.3 Å². The summed E-state index contributed by atoms with van der Waals surface area (Å²) in [4.78, 5) is 21.8. The number of imidazole rings is 1. The molecule has 5 nitrogen and oxygen atoms in total. The normalized spacial score (nSPS) is 16.4. The average molecular weight is 375 g/mol. The van der Waals surface area contributed by atoms with Crippen LogP contribution in [0.25, 0.3) is 4.96 Å². The van der Waals surface area contributed by atoms with E-state index in [9.17, 15) is 4.79 Å². The van der Waals surface area contributed by atoms with Gasteiger partial charge in [-0.3, -0.25) is 9.20 Å². The summed E-state index contributed by atoms with van der Waals surface area (Å²) < 4.78 is 2.05. The van der Waals surface area contributed by atoms with Gasteiger partial charge in [0.05, 0.1) is 5.69 Å². The van der Waals surface area contributed by atoms with Gasteiger partial charge in [-0.25, -0.2) is 4.98 Å². The van der Waals surface area contributed by atoms with Gasteiger partial charge in [0.15, 0.2) is 10.7 Å². The fourth-order valence-corrected chi connectivity index (χ4v) is 4.80. The second kappa shape index (κ2) is 7.27. The number of thiazole rings is 1. The highest BCUT2D eigenvalue weighted by atomic mass is 32.1. The van der Waals surface area contributed by atoms with E-state index in [1.54, 1.807) is 22.7 Å². The van der Waals surface area contributed by atoms with Crippen molar-refractivity contribution in [2.75, 3.05) is 13.1 Å². The minimum absolute atomic E-state index is 0.0798. The Kier molecular flexibility index (Phi) is 4.87. The summed E-state index contributed by atoms with van der Waals surface area (Å²) in [6, 6.07) is 4.46. The van der Waals surface area contributed by atoms with Gasteiger partial charge in [-0.2, -0.15) is 0 Å². The van der Waals surface area contributed by atoms with Crippen molar-refractivity contribution in [3.63, 3.8) is 0 Å². The SMILES string of the molecule is CC(NCc1c(C(=O)N2CCCCC2)nc2sccn12)c1cccs1. The summed E-state index contributed by atoms with van der Waals surface area (Å²) in [5.41, 5.74) is 1.58. The number of rotatable bonds is 5. The lowest BCUT2D eigenvalue weighted by molar-refractivity contribution is 0.0717. The molecule has 1 saturated heterocycles.